The molecule has 2 amide bonds. The van der Waals surface area contributed by atoms with E-state index in [1.807, 2.05) is 55.5 Å². The highest BCUT2D eigenvalue weighted by atomic mass is 127. The molecule has 4 aliphatic rings. The van der Waals surface area contributed by atoms with Gasteiger partial charge in [0.25, 0.3) is 0 Å². The Morgan fingerprint density at radius 3 is 1.86 bits per heavy atom. The summed E-state index contributed by atoms with van der Waals surface area (Å²) in [4.78, 5) is 29.1. The van der Waals surface area contributed by atoms with Crippen molar-refractivity contribution in [2.45, 2.75) is 18.8 Å². The number of nitrogens with zero attached hydrogens (tertiary/aromatic N) is 1. The van der Waals surface area contributed by atoms with Crippen molar-refractivity contribution in [2.75, 3.05) is 4.90 Å². The fourth-order valence-electron chi connectivity index (χ4n) is 5.95. The molecule has 2 bridgehead atoms. The van der Waals surface area contributed by atoms with Gasteiger partial charge in [-0.05, 0) is 76.0 Å². The lowest BCUT2D eigenvalue weighted by Gasteiger charge is -2.51. The smallest absolute Gasteiger partial charge is 0.241 e. The van der Waals surface area contributed by atoms with Crippen molar-refractivity contribution in [3.63, 3.8) is 0 Å². The maximum absolute atomic E-state index is 13.9. The number of carbonyl (C=O) groups is 2. The maximum atomic E-state index is 13.9. The summed E-state index contributed by atoms with van der Waals surface area (Å²) in [6, 6.07) is 24.3. The summed E-state index contributed by atoms with van der Waals surface area (Å²) < 4.78 is 1.08. The number of benzene rings is 3. The molecule has 1 heterocycles. The fourth-order valence-corrected chi connectivity index (χ4v) is 6.31. The molecule has 0 spiro atoms. The van der Waals surface area contributed by atoms with E-state index in [4.69, 9.17) is 0 Å². The van der Waals surface area contributed by atoms with Gasteiger partial charge >= 0.3 is 0 Å². The molecule has 142 valence electrons. The highest BCUT2D eigenvalue weighted by molar-refractivity contribution is 14.1. The first-order valence-electron chi connectivity index (χ1n) is 9.85. The molecule has 3 aromatic carbocycles. The Kier molecular flexibility index (Phi) is 3.47. The van der Waals surface area contributed by atoms with Gasteiger partial charge in [0.1, 0.15) is 0 Å². The monoisotopic (exact) mass is 491 g/mol. The summed E-state index contributed by atoms with van der Waals surface area (Å²) >= 11 is 2.23. The summed E-state index contributed by atoms with van der Waals surface area (Å²) in [5.74, 6) is -0.701. The third kappa shape index (κ3) is 2.03. The van der Waals surface area contributed by atoms with Crippen LogP contribution in [0, 0.1) is 14.9 Å². The van der Waals surface area contributed by atoms with Crippen LogP contribution >= 0.6 is 22.6 Å². The number of hydrogen-bond donors (Lipinski definition) is 0. The lowest BCUT2D eigenvalue weighted by molar-refractivity contribution is -0.128. The second-order valence-corrected chi connectivity index (χ2v) is 9.63. The van der Waals surface area contributed by atoms with Crippen LogP contribution in [0.2, 0.25) is 0 Å². The third-order valence-corrected chi connectivity index (χ3v) is 7.82. The number of rotatable bonds is 1. The van der Waals surface area contributed by atoms with E-state index in [0.29, 0.717) is 5.69 Å². The van der Waals surface area contributed by atoms with Crippen LogP contribution in [0.25, 0.3) is 0 Å². The van der Waals surface area contributed by atoms with Crippen LogP contribution in [0.5, 0.6) is 0 Å². The van der Waals surface area contributed by atoms with E-state index in [1.54, 1.807) is 0 Å². The number of imide groups is 1. The van der Waals surface area contributed by atoms with E-state index in [2.05, 4.69) is 46.9 Å². The Balaban J connectivity index is 1.61. The summed E-state index contributed by atoms with van der Waals surface area (Å²) in [6.45, 7) is 2.01. The molecule has 0 saturated carbocycles. The number of hydrogen-bond acceptors (Lipinski definition) is 2. The minimum Gasteiger partial charge on any atom is -0.274 e. The Labute approximate surface area is 182 Å². The van der Waals surface area contributed by atoms with Crippen molar-refractivity contribution in [2.24, 2.45) is 11.3 Å². The van der Waals surface area contributed by atoms with Gasteiger partial charge in [0.05, 0.1) is 17.0 Å². The molecule has 7 rings (SSSR count). The second kappa shape index (κ2) is 5.79. The van der Waals surface area contributed by atoms with Gasteiger partial charge in [-0.2, -0.15) is 0 Å². The lowest BCUT2D eigenvalue weighted by atomic mass is 9.48. The van der Waals surface area contributed by atoms with Crippen LogP contribution in [0.4, 0.5) is 5.69 Å². The van der Waals surface area contributed by atoms with Crippen LogP contribution in [-0.2, 0) is 9.59 Å². The molecule has 0 N–H and O–H groups in total. The van der Waals surface area contributed by atoms with E-state index in [9.17, 15) is 9.59 Å². The van der Waals surface area contributed by atoms with Gasteiger partial charge in [-0.1, -0.05) is 48.5 Å². The molecule has 1 aliphatic heterocycles. The second-order valence-electron chi connectivity index (χ2n) is 8.38. The zero-order valence-corrected chi connectivity index (χ0v) is 18.0. The Hall–Kier alpha value is -2.47. The van der Waals surface area contributed by atoms with Gasteiger partial charge in [-0.3, -0.25) is 9.59 Å². The Morgan fingerprint density at radius 2 is 1.31 bits per heavy atom. The highest BCUT2D eigenvalue weighted by Crippen LogP contribution is 2.67. The molecule has 0 unspecified atom stereocenters. The van der Waals surface area contributed by atoms with Crippen LogP contribution in [0.15, 0.2) is 72.8 Å². The van der Waals surface area contributed by atoms with Crippen LogP contribution in [0.1, 0.15) is 41.0 Å². The first-order chi connectivity index (χ1) is 14.0. The molecule has 1 fully saturated rings. The molecular formula is C25H18INO2. The highest BCUT2D eigenvalue weighted by Gasteiger charge is 2.68. The zero-order chi connectivity index (χ0) is 19.9. The van der Waals surface area contributed by atoms with Crippen molar-refractivity contribution in [1.29, 1.82) is 0 Å². The molecule has 1 saturated heterocycles. The summed E-state index contributed by atoms with van der Waals surface area (Å²) in [5.41, 5.74) is 4.69. The number of anilines is 1. The summed E-state index contributed by atoms with van der Waals surface area (Å²) in [5, 5.41) is 0. The number of carbonyl (C=O) groups excluding carboxylic acids is 2. The van der Waals surface area contributed by atoms with E-state index >= 15 is 0 Å². The molecule has 0 aromatic heterocycles. The van der Waals surface area contributed by atoms with Gasteiger partial charge in [0, 0.05) is 15.4 Å². The van der Waals surface area contributed by atoms with Gasteiger partial charge in [0.2, 0.25) is 11.8 Å². The summed E-state index contributed by atoms with van der Waals surface area (Å²) in [6.07, 6.45) is 0. The number of halogens is 1. The topological polar surface area (TPSA) is 37.4 Å². The normalized spacial score (nSPS) is 28.9. The minimum absolute atomic E-state index is 0.0716. The van der Waals surface area contributed by atoms with Gasteiger partial charge < -0.3 is 0 Å². The van der Waals surface area contributed by atoms with E-state index < -0.39 is 5.41 Å². The van der Waals surface area contributed by atoms with Gasteiger partial charge in [-0.25, -0.2) is 4.90 Å². The predicted molar refractivity (Wildman–Crippen MR) is 120 cm³/mol. The third-order valence-electron chi connectivity index (χ3n) is 7.10. The molecule has 2 atom stereocenters. The van der Waals surface area contributed by atoms with E-state index in [-0.39, 0.29) is 29.6 Å². The quantitative estimate of drug-likeness (QED) is 0.352. The molecule has 3 nitrogen and oxygen atoms in total. The zero-order valence-electron chi connectivity index (χ0n) is 15.8. The predicted octanol–water partition coefficient (Wildman–Crippen LogP) is 5.08. The minimum atomic E-state index is -0.770. The van der Waals surface area contributed by atoms with Gasteiger partial charge in [-0.15, -0.1) is 0 Å². The number of amides is 2. The SMILES string of the molecule is C[C@@]12C(=O)N(c3ccc(I)cc3)C(=O)[C@H]1C1c3ccccc3C2c2ccccc21. The van der Waals surface area contributed by atoms with Crippen LogP contribution < -0.4 is 4.90 Å². The first kappa shape index (κ1) is 17.4. The molecule has 3 aliphatic carbocycles. The van der Waals surface area contributed by atoms with Crippen molar-refractivity contribution in [1.82, 2.24) is 0 Å². The average Bonchev–Trinajstić information content (AvgIpc) is 2.95. The molecule has 29 heavy (non-hydrogen) atoms. The maximum Gasteiger partial charge on any atom is 0.241 e. The molecular weight excluding hydrogens is 473 g/mol. The van der Waals surface area contributed by atoms with Crippen molar-refractivity contribution >= 4 is 40.1 Å². The van der Waals surface area contributed by atoms with Crippen LogP contribution in [-0.4, -0.2) is 11.8 Å². The fraction of sp³-hybridized carbons (Fsp3) is 0.200. The van der Waals surface area contributed by atoms with Crippen molar-refractivity contribution in [3.05, 3.63) is 98.6 Å². The summed E-state index contributed by atoms with van der Waals surface area (Å²) in [7, 11) is 0. The van der Waals surface area contributed by atoms with E-state index in [0.717, 1.165) is 3.57 Å². The van der Waals surface area contributed by atoms with Gasteiger partial charge in [0.15, 0.2) is 0 Å². The van der Waals surface area contributed by atoms with Crippen LogP contribution in [0.3, 0.4) is 0 Å². The van der Waals surface area contributed by atoms with Crippen molar-refractivity contribution in [3.8, 4) is 0 Å². The average molecular weight is 491 g/mol. The Bertz CT molecular complexity index is 1150. The van der Waals surface area contributed by atoms with Crippen molar-refractivity contribution < 1.29 is 9.59 Å². The molecule has 4 heteroatoms. The molecule has 0 radical (unpaired) electrons. The Morgan fingerprint density at radius 1 is 0.793 bits per heavy atom. The lowest BCUT2D eigenvalue weighted by Crippen LogP contribution is -2.49. The standard InChI is InChI=1S/C25H18INO2/c1-25-21-18-8-4-2-6-16(18)20(17-7-3-5-9-19(17)21)22(25)23(28)27(24(25)29)15-12-10-14(26)11-13-15/h2-13,20-22H,1H3/t20?,21?,22-,25+/m1/s1. The van der Waals surface area contributed by atoms with E-state index in [1.165, 1.54) is 27.2 Å². The molecule has 3 aromatic rings. The first-order valence-corrected chi connectivity index (χ1v) is 10.9. The largest absolute Gasteiger partial charge is 0.274 e.